The van der Waals surface area contributed by atoms with Crippen molar-refractivity contribution >= 4 is 12.1 Å². The summed E-state index contributed by atoms with van der Waals surface area (Å²) in [5.41, 5.74) is 1.31. The Labute approximate surface area is 294 Å². The maximum absolute atomic E-state index is 12.0. The van der Waals surface area contributed by atoms with Crippen LogP contribution in [-0.2, 0) is 0 Å². The topological polar surface area (TPSA) is 41.1 Å². The maximum Gasteiger partial charge on any atom is 0.314 e. The van der Waals surface area contributed by atoms with Crippen LogP contribution in [-0.4, -0.2) is 19.1 Å². The van der Waals surface area contributed by atoms with Crippen LogP contribution in [0.25, 0.3) is 6.08 Å². The summed E-state index contributed by atoms with van der Waals surface area (Å²) in [6.45, 7) is 3.93. The van der Waals surface area contributed by atoms with E-state index in [-0.39, 0.29) is 6.03 Å². The molecule has 0 fully saturated rings. The van der Waals surface area contributed by atoms with E-state index in [4.69, 9.17) is 0 Å². The molecule has 0 aliphatic carbocycles. The molecule has 1 aromatic carbocycles. The molecule has 2 amide bonds. The van der Waals surface area contributed by atoms with Crippen molar-refractivity contribution in [3.8, 4) is 0 Å². The molecule has 0 aliphatic rings. The number of amides is 2. The Morgan fingerprint density at radius 2 is 0.766 bits per heavy atom. The van der Waals surface area contributed by atoms with Crippen LogP contribution in [0.5, 0.6) is 0 Å². The van der Waals surface area contributed by atoms with Gasteiger partial charge < -0.3 is 10.6 Å². The summed E-state index contributed by atoms with van der Waals surface area (Å²) in [7, 11) is 0. The standard InChI is InChI=1S/C44H80N2O/c1-2-3-4-5-6-7-8-9-10-15-18-21-24-27-30-36-41-45-44(47)46-42-37-31-28-25-22-19-16-13-11-12-14-17-20-23-26-29-33-38-43-39-34-32-35-40-43/h32-35,38-40H,2-31,36-37,41-42H2,1H3,(H2,45,46,47). The van der Waals surface area contributed by atoms with Crippen LogP contribution in [0, 0.1) is 0 Å². The highest BCUT2D eigenvalue weighted by atomic mass is 16.2. The van der Waals surface area contributed by atoms with Crippen LogP contribution in [0.2, 0.25) is 0 Å². The SMILES string of the molecule is CCCCCCCCCCCCCCCCCCNC(=O)NCCCCCCCCCCCCCCCCCC=Cc1ccccc1. The molecule has 0 spiro atoms. The third kappa shape index (κ3) is 33.9. The van der Waals surface area contributed by atoms with Crippen molar-refractivity contribution in [2.75, 3.05) is 13.1 Å². The second-order valence-corrected chi connectivity index (χ2v) is 14.4. The molecule has 0 aliphatic heterocycles. The maximum atomic E-state index is 12.0. The predicted molar refractivity (Wildman–Crippen MR) is 210 cm³/mol. The van der Waals surface area contributed by atoms with E-state index in [2.05, 4.69) is 60.0 Å². The highest BCUT2D eigenvalue weighted by Gasteiger charge is 2.00. The first-order valence-electron chi connectivity index (χ1n) is 21.1. The van der Waals surface area contributed by atoms with Gasteiger partial charge in [0, 0.05) is 13.1 Å². The smallest absolute Gasteiger partial charge is 0.314 e. The summed E-state index contributed by atoms with van der Waals surface area (Å²) in [4.78, 5) is 12.0. The number of carbonyl (C=O) groups excluding carboxylic acids is 1. The Morgan fingerprint density at radius 3 is 1.13 bits per heavy atom. The van der Waals surface area contributed by atoms with Crippen molar-refractivity contribution in [3.63, 3.8) is 0 Å². The minimum absolute atomic E-state index is 0.0258. The molecule has 1 aromatic rings. The average molecular weight is 653 g/mol. The van der Waals surface area contributed by atoms with Crippen LogP contribution in [0.1, 0.15) is 218 Å². The monoisotopic (exact) mass is 653 g/mol. The van der Waals surface area contributed by atoms with Crippen LogP contribution in [0.4, 0.5) is 4.79 Å². The molecule has 0 aromatic heterocycles. The van der Waals surface area contributed by atoms with E-state index in [1.165, 1.54) is 198 Å². The lowest BCUT2D eigenvalue weighted by atomic mass is 10.0. The van der Waals surface area contributed by atoms with E-state index in [0.717, 1.165) is 25.9 Å². The van der Waals surface area contributed by atoms with Gasteiger partial charge in [0.1, 0.15) is 0 Å². The van der Waals surface area contributed by atoms with E-state index in [1.807, 2.05) is 0 Å². The second-order valence-electron chi connectivity index (χ2n) is 14.4. The van der Waals surface area contributed by atoms with Crippen molar-refractivity contribution in [2.24, 2.45) is 0 Å². The number of urea groups is 1. The molecule has 0 saturated heterocycles. The van der Waals surface area contributed by atoms with Gasteiger partial charge in [0.05, 0.1) is 0 Å². The minimum Gasteiger partial charge on any atom is -0.338 e. The average Bonchev–Trinajstić information content (AvgIpc) is 3.09. The summed E-state index contributed by atoms with van der Waals surface area (Å²) in [6, 6.07) is 10.6. The summed E-state index contributed by atoms with van der Waals surface area (Å²) >= 11 is 0. The highest BCUT2D eigenvalue weighted by Crippen LogP contribution is 2.15. The van der Waals surface area contributed by atoms with Gasteiger partial charge in [-0.05, 0) is 31.2 Å². The minimum atomic E-state index is 0.0258. The molecule has 0 saturated carbocycles. The molecule has 0 bridgehead atoms. The van der Waals surface area contributed by atoms with Crippen molar-refractivity contribution in [3.05, 3.63) is 42.0 Å². The molecule has 3 heteroatoms. The number of carbonyl (C=O) groups is 1. The first-order chi connectivity index (χ1) is 23.3. The van der Waals surface area contributed by atoms with Crippen molar-refractivity contribution in [1.82, 2.24) is 10.6 Å². The van der Waals surface area contributed by atoms with Gasteiger partial charge in [-0.2, -0.15) is 0 Å². The molecule has 3 nitrogen and oxygen atoms in total. The van der Waals surface area contributed by atoms with E-state index in [0.29, 0.717) is 0 Å². The van der Waals surface area contributed by atoms with Crippen molar-refractivity contribution in [1.29, 1.82) is 0 Å². The molecule has 0 unspecified atom stereocenters. The molecule has 0 radical (unpaired) electrons. The zero-order chi connectivity index (χ0) is 33.6. The van der Waals surface area contributed by atoms with E-state index in [9.17, 15) is 4.79 Å². The molecular formula is C44H80N2O. The lowest BCUT2D eigenvalue weighted by Gasteiger charge is -2.08. The van der Waals surface area contributed by atoms with E-state index in [1.54, 1.807) is 0 Å². The van der Waals surface area contributed by atoms with Crippen LogP contribution >= 0.6 is 0 Å². The molecule has 47 heavy (non-hydrogen) atoms. The fraction of sp³-hybridized carbons (Fsp3) is 0.795. The van der Waals surface area contributed by atoms with Crippen LogP contribution in [0.15, 0.2) is 36.4 Å². The molecule has 0 atom stereocenters. The zero-order valence-electron chi connectivity index (χ0n) is 31.5. The number of allylic oxidation sites excluding steroid dienone is 1. The van der Waals surface area contributed by atoms with Gasteiger partial charge in [0.25, 0.3) is 0 Å². The van der Waals surface area contributed by atoms with Crippen molar-refractivity contribution < 1.29 is 4.79 Å². The van der Waals surface area contributed by atoms with Crippen molar-refractivity contribution in [2.45, 2.75) is 212 Å². The zero-order valence-corrected chi connectivity index (χ0v) is 31.5. The lowest BCUT2D eigenvalue weighted by Crippen LogP contribution is -2.36. The normalized spacial score (nSPS) is 11.4. The van der Waals surface area contributed by atoms with Gasteiger partial charge in [-0.3, -0.25) is 0 Å². The number of rotatable bonds is 36. The third-order valence-corrected chi connectivity index (χ3v) is 9.76. The van der Waals surface area contributed by atoms with Gasteiger partial charge in [-0.15, -0.1) is 0 Å². The predicted octanol–water partition coefficient (Wildman–Crippen LogP) is 14.5. The Kier molecular flexibility index (Phi) is 34.1. The number of benzene rings is 1. The summed E-state index contributed by atoms with van der Waals surface area (Å²) in [6.07, 6.45) is 48.4. The summed E-state index contributed by atoms with van der Waals surface area (Å²) < 4.78 is 0. The first-order valence-corrected chi connectivity index (χ1v) is 21.1. The fourth-order valence-corrected chi connectivity index (χ4v) is 6.61. The van der Waals surface area contributed by atoms with Gasteiger partial charge in [-0.25, -0.2) is 4.79 Å². The fourth-order valence-electron chi connectivity index (χ4n) is 6.61. The van der Waals surface area contributed by atoms with Gasteiger partial charge in [-0.1, -0.05) is 229 Å². The first kappa shape index (κ1) is 43.3. The van der Waals surface area contributed by atoms with E-state index >= 15 is 0 Å². The largest absolute Gasteiger partial charge is 0.338 e. The second kappa shape index (κ2) is 37.1. The number of hydrogen-bond acceptors (Lipinski definition) is 1. The Balaban J connectivity index is 1.67. The number of unbranched alkanes of at least 4 members (excludes halogenated alkanes) is 30. The number of hydrogen-bond donors (Lipinski definition) is 2. The number of nitrogens with one attached hydrogen (secondary N) is 2. The highest BCUT2D eigenvalue weighted by molar-refractivity contribution is 5.73. The molecule has 272 valence electrons. The Bertz CT molecular complexity index is 776. The van der Waals surface area contributed by atoms with Gasteiger partial charge in [0.2, 0.25) is 0 Å². The van der Waals surface area contributed by atoms with Crippen LogP contribution < -0.4 is 10.6 Å². The third-order valence-electron chi connectivity index (χ3n) is 9.76. The molecule has 2 N–H and O–H groups in total. The summed E-state index contributed by atoms with van der Waals surface area (Å²) in [5, 5.41) is 6.09. The Morgan fingerprint density at radius 1 is 0.447 bits per heavy atom. The quantitative estimate of drug-likeness (QED) is 0.0696. The van der Waals surface area contributed by atoms with E-state index < -0.39 is 0 Å². The molecule has 1 rings (SSSR count). The van der Waals surface area contributed by atoms with Gasteiger partial charge >= 0.3 is 6.03 Å². The van der Waals surface area contributed by atoms with Gasteiger partial charge in [0.15, 0.2) is 0 Å². The lowest BCUT2D eigenvalue weighted by molar-refractivity contribution is 0.240. The Hall–Kier alpha value is -1.77. The summed E-state index contributed by atoms with van der Waals surface area (Å²) in [5.74, 6) is 0. The molecular weight excluding hydrogens is 572 g/mol. The van der Waals surface area contributed by atoms with Crippen LogP contribution in [0.3, 0.4) is 0 Å². The molecule has 0 heterocycles.